The van der Waals surface area contributed by atoms with E-state index in [0.717, 1.165) is 29.4 Å². The van der Waals surface area contributed by atoms with E-state index in [4.69, 9.17) is 23.2 Å². The Balaban J connectivity index is 1.92. The van der Waals surface area contributed by atoms with Crippen LogP contribution in [0.3, 0.4) is 0 Å². The Bertz CT molecular complexity index is 737. The summed E-state index contributed by atoms with van der Waals surface area (Å²) >= 11 is 13.8. The van der Waals surface area contributed by atoms with Crippen molar-refractivity contribution in [1.29, 1.82) is 0 Å². The molecule has 2 heterocycles. The summed E-state index contributed by atoms with van der Waals surface area (Å²) in [4.78, 5) is 6.70. The van der Waals surface area contributed by atoms with E-state index >= 15 is 0 Å². The molecular weight excluding hydrogens is 375 g/mol. The lowest BCUT2D eigenvalue weighted by Crippen LogP contribution is -2.39. The lowest BCUT2D eigenvalue weighted by Gasteiger charge is -2.26. The highest BCUT2D eigenvalue weighted by Crippen LogP contribution is 2.37. The molecule has 3 rings (SSSR count). The molecule has 0 bridgehead atoms. The molecule has 2 atom stereocenters. The van der Waals surface area contributed by atoms with Crippen LogP contribution in [-0.2, 0) is 9.84 Å². The molecular formula is C15H18Cl2N2O2S2. The Kier molecular flexibility index (Phi) is 5.16. The zero-order valence-corrected chi connectivity index (χ0v) is 15.9. The van der Waals surface area contributed by atoms with Crippen molar-refractivity contribution in [2.45, 2.75) is 31.8 Å². The number of rotatable bonds is 4. The number of benzene rings is 1. The van der Waals surface area contributed by atoms with Gasteiger partial charge in [-0.05, 0) is 24.6 Å². The van der Waals surface area contributed by atoms with Crippen LogP contribution in [0, 0.1) is 0 Å². The third-order valence-electron chi connectivity index (χ3n) is 4.02. The summed E-state index contributed by atoms with van der Waals surface area (Å²) in [6, 6.07) is 5.08. The van der Waals surface area contributed by atoms with Gasteiger partial charge in [0.15, 0.2) is 15.0 Å². The number of hydrogen-bond donors (Lipinski definition) is 0. The van der Waals surface area contributed by atoms with Crippen LogP contribution in [0.25, 0.3) is 0 Å². The molecule has 0 spiro atoms. The summed E-state index contributed by atoms with van der Waals surface area (Å²) in [6.07, 6.45) is 2.22. The zero-order valence-electron chi connectivity index (χ0n) is 12.7. The van der Waals surface area contributed by atoms with E-state index in [1.54, 1.807) is 23.9 Å². The Hall–Kier alpha value is -0.430. The lowest BCUT2D eigenvalue weighted by atomic mass is 10.1. The summed E-state index contributed by atoms with van der Waals surface area (Å²) in [5.41, 5.74) is 0.853. The standard InChI is InChI=1S/C15H18Cl2N2O2S2/c1-2-3-6-22-15-18-13-8-23(20,21)9-14(13)19(15)10-4-5-11(16)12(17)7-10/h4-5,7,13-14H,2-3,6,8-9H2,1H3/t13-,14-/m0/s1. The second kappa shape index (κ2) is 6.82. The maximum Gasteiger partial charge on any atom is 0.164 e. The Morgan fingerprint density at radius 1 is 1.30 bits per heavy atom. The van der Waals surface area contributed by atoms with Gasteiger partial charge in [0.25, 0.3) is 0 Å². The van der Waals surface area contributed by atoms with Crippen molar-refractivity contribution in [2.75, 3.05) is 22.2 Å². The number of anilines is 1. The van der Waals surface area contributed by atoms with Crippen LogP contribution in [0.15, 0.2) is 23.2 Å². The number of fused-ring (bicyclic) bond motifs is 1. The van der Waals surface area contributed by atoms with Crippen molar-refractivity contribution in [3.8, 4) is 0 Å². The summed E-state index contributed by atoms with van der Waals surface area (Å²) in [5, 5.41) is 1.84. The summed E-state index contributed by atoms with van der Waals surface area (Å²) in [7, 11) is -3.03. The number of hydrogen-bond acceptors (Lipinski definition) is 5. The first-order valence-corrected chi connectivity index (χ1v) is 11.1. The number of aliphatic imine (C=N–C) groups is 1. The van der Waals surface area contributed by atoms with Gasteiger partial charge in [-0.15, -0.1) is 0 Å². The number of thioether (sulfide) groups is 1. The van der Waals surface area contributed by atoms with Gasteiger partial charge >= 0.3 is 0 Å². The van der Waals surface area contributed by atoms with Gasteiger partial charge < -0.3 is 4.90 Å². The van der Waals surface area contributed by atoms with Crippen LogP contribution < -0.4 is 4.90 Å². The Morgan fingerprint density at radius 3 is 2.78 bits per heavy atom. The van der Waals surface area contributed by atoms with E-state index in [9.17, 15) is 8.42 Å². The minimum absolute atomic E-state index is 0.132. The molecule has 0 saturated carbocycles. The monoisotopic (exact) mass is 392 g/mol. The number of sulfone groups is 1. The smallest absolute Gasteiger partial charge is 0.164 e. The molecule has 2 aliphatic heterocycles. The molecule has 8 heteroatoms. The molecule has 0 unspecified atom stereocenters. The number of unbranched alkanes of at least 4 members (excludes halogenated alkanes) is 1. The van der Waals surface area contributed by atoms with Crippen molar-refractivity contribution >= 4 is 55.7 Å². The maximum atomic E-state index is 12.0. The average molecular weight is 393 g/mol. The van der Waals surface area contributed by atoms with E-state index < -0.39 is 9.84 Å². The summed E-state index contributed by atoms with van der Waals surface area (Å²) < 4.78 is 23.9. The number of halogens is 2. The largest absolute Gasteiger partial charge is 0.315 e. The minimum atomic E-state index is -3.03. The molecule has 0 radical (unpaired) electrons. The highest BCUT2D eigenvalue weighted by Gasteiger charge is 2.47. The first-order valence-electron chi connectivity index (χ1n) is 7.56. The Labute approximate surface area is 151 Å². The van der Waals surface area contributed by atoms with Gasteiger partial charge in [0, 0.05) is 11.4 Å². The normalized spacial score (nSPS) is 25.5. The van der Waals surface area contributed by atoms with Gasteiger partial charge in [-0.25, -0.2) is 8.42 Å². The van der Waals surface area contributed by atoms with E-state index in [0.29, 0.717) is 10.0 Å². The topological polar surface area (TPSA) is 49.7 Å². The second-order valence-corrected chi connectivity index (χ2v) is 9.82. The lowest BCUT2D eigenvalue weighted by molar-refractivity contribution is 0.601. The average Bonchev–Trinajstić information content (AvgIpc) is 2.93. The van der Waals surface area contributed by atoms with Crippen LogP contribution in [0.2, 0.25) is 10.0 Å². The maximum absolute atomic E-state index is 12.0. The van der Waals surface area contributed by atoms with Crippen molar-refractivity contribution in [3.63, 3.8) is 0 Å². The molecule has 0 amide bonds. The van der Waals surface area contributed by atoms with Crippen LogP contribution in [0.4, 0.5) is 5.69 Å². The van der Waals surface area contributed by atoms with Crippen LogP contribution >= 0.6 is 35.0 Å². The first kappa shape index (κ1) is 17.4. The molecule has 2 aliphatic rings. The van der Waals surface area contributed by atoms with Crippen LogP contribution in [-0.4, -0.2) is 42.9 Å². The molecule has 0 N–H and O–H groups in total. The molecule has 23 heavy (non-hydrogen) atoms. The molecule has 1 fully saturated rings. The van der Waals surface area contributed by atoms with Crippen LogP contribution in [0.5, 0.6) is 0 Å². The number of amidine groups is 1. The van der Waals surface area contributed by atoms with Gasteiger partial charge in [-0.1, -0.05) is 48.3 Å². The molecule has 1 aromatic rings. The van der Waals surface area contributed by atoms with Crippen molar-refractivity contribution in [1.82, 2.24) is 0 Å². The minimum Gasteiger partial charge on any atom is -0.315 e. The van der Waals surface area contributed by atoms with E-state index in [2.05, 4.69) is 11.9 Å². The zero-order chi connectivity index (χ0) is 16.6. The molecule has 0 aromatic heterocycles. The fraction of sp³-hybridized carbons (Fsp3) is 0.533. The molecule has 1 aromatic carbocycles. The van der Waals surface area contributed by atoms with Gasteiger partial charge in [0.05, 0.1) is 33.6 Å². The van der Waals surface area contributed by atoms with Gasteiger partial charge in [0.1, 0.15) is 0 Å². The fourth-order valence-electron chi connectivity index (χ4n) is 2.88. The van der Waals surface area contributed by atoms with Gasteiger partial charge in [-0.2, -0.15) is 0 Å². The van der Waals surface area contributed by atoms with E-state index in [1.807, 2.05) is 11.0 Å². The molecule has 1 saturated heterocycles. The molecule has 126 valence electrons. The predicted molar refractivity (Wildman–Crippen MR) is 100.0 cm³/mol. The summed E-state index contributed by atoms with van der Waals surface area (Å²) in [6.45, 7) is 2.15. The molecule has 0 aliphatic carbocycles. The predicted octanol–water partition coefficient (Wildman–Crippen LogP) is 3.87. The third kappa shape index (κ3) is 3.65. The van der Waals surface area contributed by atoms with Gasteiger partial charge in [-0.3, -0.25) is 4.99 Å². The fourth-order valence-corrected chi connectivity index (χ4v) is 6.22. The Morgan fingerprint density at radius 2 is 2.09 bits per heavy atom. The summed E-state index contributed by atoms with van der Waals surface area (Å²) in [5.74, 6) is 1.24. The highest BCUT2D eigenvalue weighted by atomic mass is 35.5. The SMILES string of the molecule is CCCCSC1=N[C@H]2CS(=O)(=O)C[C@@H]2N1c1ccc(Cl)c(Cl)c1. The third-order valence-corrected chi connectivity index (χ3v) is 7.51. The van der Waals surface area contributed by atoms with E-state index in [1.165, 1.54) is 0 Å². The number of nitrogens with zero attached hydrogens (tertiary/aromatic N) is 2. The first-order chi connectivity index (χ1) is 10.9. The quantitative estimate of drug-likeness (QED) is 0.729. The second-order valence-electron chi connectivity index (χ2n) is 5.79. The van der Waals surface area contributed by atoms with Crippen molar-refractivity contribution in [2.24, 2.45) is 4.99 Å². The van der Waals surface area contributed by atoms with Crippen molar-refractivity contribution < 1.29 is 8.42 Å². The van der Waals surface area contributed by atoms with Crippen LogP contribution in [0.1, 0.15) is 19.8 Å². The highest BCUT2D eigenvalue weighted by molar-refractivity contribution is 8.14. The van der Waals surface area contributed by atoms with Crippen molar-refractivity contribution in [3.05, 3.63) is 28.2 Å². The van der Waals surface area contributed by atoms with Gasteiger partial charge in [0.2, 0.25) is 0 Å². The van der Waals surface area contributed by atoms with E-state index in [-0.39, 0.29) is 23.6 Å². The molecule has 4 nitrogen and oxygen atoms in total.